The average Bonchev–Trinajstić information content (AvgIpc) is 3.00. The molecule has 0 spiro atoms. The maximum atomic E-state index is 14.0. The van der Waals surface area contributed by atoms with Crippen molar-refractivity contribution in [2.75, 3.05) is 18.4 Å². The number of carbonyl (C=O) groups is 1. The predicted molar refractivity (Wildman–Crippen MR) is 93.1 cm³/mol. The van der Waals surface area contributed by atoms with E-state index < -0.39 is 36.4 Å². The molecule has 2 aliphatic heterocycles. The van der Waals surface area contributed by atoms with Crippen LogP contribution in [0.4, 0.5) is 23.2 Å². The number of likely N-dealkylation sites (tertiary alicyclic amines) is 1. The number of benzene rings is 2. The predicted octanol–water partition coefficient (Wildman–Crippen LogP) is 3.94. The van der Waals surface area contributed by atoms with Crippen LogP contribution in [0.25, 0.3) is 0 Å². The summed E-state index contributed by atoms with van der Waals surface area (Å²) in [5.74, 6) is -9.35. The van der Waals surface area contributed by atoms with Crippen molar-refractivity contribution in [1.82, 2.24) is 4.90 Å². The molecule has 2 aromatic rings. The molecule has 1 fully saturated rings. The van der Waals surface area contributed by atoms with Crippen molar-refractivity contribution >= 4 is 27.5 Å². The van der Waals surface area contributed by atoms with Gasteiger partial charge in [0.2, 0.25) is 0 Å². The summed E-state index contributed by atoms with van der Waals surface area (Å²) in [7, 11) is 0. The number of para-hydroxylation sites is 1. The molecule has 4 rings (SSSR count). The van der Waals surface area contributed by atoms with Gasteiger partial charge in [-0.3, -0.25) is 9.69 Å². The van der Waals surface area contributed by atoms with Gasteiger partial charge in [0.15, 0.2) is 5.54 Å². The molecule has 0 radical (unpaired) electrons. The van der Waals surface area contributed by atoms with Crippen LogP contribution in [0.2, 0.25) is 0 Å². The highest BCUT2D eigenvalue weighted by Gasteiger charge is 2.68. The zero-order valence-electron chi connectivity index (χ0n) is 13.6. The van der Waals surface area contributed by atoms with Crippen LogP contribution in [0.5, 0.6) is 5.75 Å². The molecule has 27 heavy (non-hydrogen) atoms. The van der Waals surface area contributed by atoms with Crippen molar-refractivity contribution in [3.63, 3.8) is 0 Å². The number of nitrogens with one attached hydrogen (secondary N) is 1. The number of hydrogen-bond acceptors (Lipinski definition) is 3. The molecule has 2 N–H and O–H groups in total. The molecule has 142 valence electrons. The second-order valence-corrected chi connectivity index (χ2v) is 7.49. The molecular weight excluding hydrogens is 432 g/mol. The third-order valence-electron chi connectivity index (χ3n) is 5.04. The highest BCUT2D eigenvalue weighted by molar-refractivity contribution is 9.10. The molecule has 0 aromatic heterocycles. The lowest BCUT2D eigenvalue weighted by atomic mass is 9.82. The molecule has 9 heteroatoms. The summed E-state index contributed by atoms with van der Waals surface area (Å²) < 4.78 is 56.4. The molecule has 0 aliphatic carbocycles. The zero-order valence-corrected chi connectivity index (χ0v) is 15.2. The Labute approximate surface area is 159 Å². The molecule has 0 saturated carbocycles. The first-order chi connectivity index (χ1) is 12.6. The van der Waals surface area contributed by atoms with Gasteiger partial charge in [0.25, 0.3) is 5.91 Å². The number of carbonyl (C=O) groups excluding carboxylic acids is 1. The van der Waals surface area contributed by atoms with Crippen LogP contribution in [0.3, 0.4) is 0 Å². The number of phenolic OH excluding ortho intramolecular Hbond substituents is 1. The molecule has 2 heterocycles. The van der Waals surface area contributed by atoms with Crippen LogP contribution in [-0.2, 0) is 10.3 Å². The van der Waals surface area contributed by atoms with Gasteiger partial charge in [-0.25, -0.2) is 0 Å². The van der Waals surface area contributed by atoms with E-state index in [2.05, 4.69) is 21.2 Å². The molecule has 2 aromatic carbocycles. The van der Waals surface area contributed by atoms with Crippen LogP contribution in [0, 0.1) is 0 Å². The van der Waals surface area contributed by atoms with Crippen LogP contribution >= 0.6 is 15.9 Å². The fraction of sp³-hybridized carbons (Fsp3) is 0.278. The second-order valence-electron chi connectivity index (χ2n) is 6.64. The van der Waals surface area contributed by atoms with E-state index in [9.17, 15) is 27.5 Å². The Hall–Kier alpha value is -2.13. The maximum Gasteiger partial charge on any atom is 0.323 e. The summed E-state index contributed by atoms with van der Waals surface area (Å²) in [4.78, 5) is 13.9. The minimum atomic E-state index is -4.27. The van der Waals surface area contributed by atoms with Crippen LogP contribution in [-0.4, -0.2) is 40.8 Å². The van der Waals surface area contributed by atoms with E-state index >= 15 is 0 Å². The SMILES string of the molecule is O=C1Nc2c(Br)cccc2C1(c1ccc(O)cc1)N1CC(F)(F)C(F)(F)C1. The number of nitrogens with zero attached hydrogens (tertiary/aromatic N) is 1. The number of phenols is 1. The first-order valence-corrected chi connectivity index (χ1v) is 8.79. The molecule has 2 aliphatic rings. The van der Waals surface area contributed by atoms with Gasteiger partial charge in [-0.15, -0.1) is 0 Å². The largest absolute Gasteiger partial charge is 0.508 e. The number of amides is 1. The Kier molecular flexibility index (Phi) is 3.84. The Morgan fingerprint density at radius 2 is 1.59 bits per heavy atom. The topological polar surface area (TPSA) is 52.6 Å². The van der Waals surface area contributed by atoms with E-state index in [4.69, 9.17) is 0 Å². The van der Waals surface area contributed by atoms with Gasteiger partial charge in [0.05, 0.1) is 18.8 Å². The number of fused-ring (bicyclic) bond motifs is 1. The summed E-state index contributed by atoms with van der Waals surface area (Å²) in [5, 5.41) is 12.2. The van der Waals surface area contributed by atoms with Crippen molar-refractivity contribution in [3.8, 4) is 5.75 Å². The average molecular weight is 445 g/mol. The Balaban J connectivity index is 1.98. The van der Waals surface area contributed by atoms with E-state index in [1.54, 1.807) is 18.2 Å². The number of hydrogen-bond donors (Lipinski definition) is 2. The molecular formula is C18H13BrF4N2O2. The van der Waals surface area contributed by atoms with E-state index in [1.807, 2.05) is 0 Å². The molecule has 0 bridgehead atoms. The molecule has 1 atom stereocenters. The number of rotatable bonds is 2. The highest BCUT2D eigenvalue weighted by atomic mass is 79.9. The third kappa shape index (κ3) is 2.41. The lowest BCUT2D eigenvalue weighted by molar-refractivity contribution is -0.172. The zero-order chi connectivity index (χ0) is 19.6. The number of alkyl halides is 4. The van der Waals surface area contributed by atoms with E-state index in [-0.39, 0.29) is 11.3 Å². The normalized spacial score (nSPS) is 26.0. The van der Waals surface area contributed by atoms with E-state index in [0.29, 0.717) is 15.7 Å². The van der Waals surface area contributed by atoms with Crippen molar-refractivity contribution in [2.45, 2.75) is 17.4 Å². The van der Waals surface area contributed by atoms with Gasteiger partial charge < -0.3 is 10.4 Å². The summed E-state index contributed by atoms with van der Waals surface area (Å²) in [6.45, 7) is -2.56. The van der Waals surface area contributed by atoms with Gasteiger partial charge in [-0.05, 0) is 39.7 Å². The summed E-state index contributed by atoms with van der Waals surface area (Å²) in [5.41, 5.74) is -1.02. The number of anilines is 1. The minimum absolute atomic E-state index is 0.0983. The fourth-order valence-corrected chi connectivity index (χ4v) is 4.23. The molecule has 1 unspecified atom stereocenters. The van der Waals surface area contributed by atoms with Gasteiger partial charge in [0.1, 0.15) is 5.75 Å². The first-order valence-electron chi connectivity index (χ1n) is 8.00. The lowest BCUT2D eigenvalue weighted by Gasteiger charge is -2.37. The standard InChI is InChI=1S/C18H13BrF4N2O2/c19-13-3-1-2-12-14(13)24-15(27)18(12,10-4-6-11(26)7-5-10)25-8-16(20,21)17(22,23)9-25/h1-7,26H,8-9H2,(H,24,27). The number of aromatic hydroxyl groups is 1. The highest BCUT2D eigenvalue weighted by Crippen LogP contribution is 2.53. The van der Waals surface area contributed by atoms with Gasteiger partial charge in [-0.1, -0.05) is 24.3 Å². The Bertz CT molecular complexity index is 919. The lowest BCUT2D eigenvalue weighted by Crippen LogP contribution is -2.51. The van der Waals surface area contributed by atoms with Crippen LogP contribution < -0.4 is 5.32 Å². The van der Waals surface area contributed by atoms with Crippen molar-refractivity contribution < 1.29 is 27.5 Å². The molecule has 1 amide bonds. The Morgan fingerprint density at radius 3 is 2.19 bits per heavy atom. The van der Waals surface area contributed by atoms with Crippen molar-refractivity contribution in [2.24, 2.45) is 0 Å². The van der Waals surface area contributed by atoms with Crippen LogP contribution in [0.1, 0.15) is 11.1 Å². The summed E-state index contributed by atoms with van der Waals surface area (Å²) >= 11 is 3.29. The van der Waals surface area contributed by atoms with Crippen molar-refractivity contribution in [3.05, 3.63) is 58.1 Å². The molecule has 1 saturated heterocycles. The minimum Gasteiger partial charge on any atom is -0.508 e. The van der Waals surface area contributed by atoms with Gasteiger partial charge >= 0.3 is 11.8 Å². The van der Waals surface area contributed by atoms with E-state index in [0.717, 1.165) is 4.90 Å². The second kappa shape index (κ2) is 5.68. The monoisotopic (exact) mass is 444 g/mol. The molecule has 4 nitrogen and oxygen atoms in total. The third-order valence-corrected chi connectivity index (χ3v) is 5.70. The van der Waals surface area contributed by atoms with Gasteiger partial charge in [0, 0.05) is 10.0 Å². The van der Waals surface area contributed by atoms with Gasteiger partial charge in [-0.2, -0.15) is 17.6 Å². The fourth-order valence-electron chi connectivity index (χ4n) is 3.77. The van der Waals surface area contributed by atoms with E-state index in [1.165, 1.54) is 24.3 Å². The summed E-state index contributed by atoms with van der Waals surface area (Å²) in [6.07, 6.45) is 0. The van der Waals surface area contributed by atoms with Crippen molar-refractivity contribution in [1.29, 1.82) is 0 Å². The van der Waals surface area contributed by atoms with Crippen LogP contribution in [0.15, 0.2) is 46.9 Å². The number of halogens is 5. The Morgan fingerprint density at radius 1 is 1.00 bits per heavy atom. The summed E-state index contributed by atoms with van der Waals surface area (Å²) in [6, 6.07) is 10.1. The first kappa shape index (κ1) is 18.2. The smallest absolute Gasteiger partial charge is 0.323 e. The maximum absolute atomic E-state index is 14.0. The quantitative estimate of drug-likeness (QED) is 0.689.